The van der Waals surface area contributed by atoms with Gasteiger partial charge in [-0.15, -0.1) is 0 Å². The van der Waals surface area contributed by atoms with Gasteiger partial charge in [-0.2, -0.15) is 0 Å². The number of anilines is 3. The van der Waals surface area contributed by atoms with Crippen LogP contribution in [-0.4, -0.2) is 0 Å². The van der Waals surface area contributed by atoms with E-state index in [0.29, 0.717) is 0 Å². The zero-order valence-corrected chi connectivity index (χ0v) is 33.4. The van der Waals surface area contributed by atoms with Gasteiger partial charge in [-0.1, -0.05) is 176 Å². The Balaban J connectivity index is 1.07. The Bertz CT molecular complexity index is 3550. The number of hydrogen-bond donors (Lipinski definition) is 0. The predicted octanol–water partition coefficient (Wildman–Crippen LogP) is 16.8. The van der Waals surface area contributed by atoms with Crippen LogP contribution in [-0.2, 0) is 0 Å². The molecule has 0 atom stereocenters. The molecule has 286 valence electrons. The first kappa shape index (κ1) is 35.0. The lowest BCUT2D eigenvalue weighted by Crippen LogP contribution is -2.11. The van der Waals surface area contributed by atoms with Gasteiger partial charge in [0.15, 0.2) is 0 Å². The minimum atomic E-state index is 0.857. The van der Waals surface area contributed by atoms with E-state index >= 15 is 0 Å². The highest BCUT2D eigenvalue weighted by Gasteiger charge is 2.21. The van der Waals surface area contributed by atoms with Gasteiger partial charge in [0, 0.05) is 27.7 Å². The minimum Gasteiger partial charge on any atom is -0.456 e. The summed E-state index contributed by atoms with van der Waals surface area (Å²) < 4.78 is 6.36. The second kappa shape index (κ2) is 14.4. The molecular formula is C59H39NO. The number of fused-ring (bicyclic) bond motifs is 9. The van der Waals surface area contributed by atoms with Gasteiger partial charge in [-0.3, -0.25) is 0 Å². The summed E-state index contributed by atoms with van der Waals surface area (Å²) in [5, 5.41) is 9.74. The van der Waals surface area contributed by atoms with Crippen LogP contribution >= 0.6 is 0 Å². The summed E-state index contributed by atoms with van der Waals surface area (Å²) in [6, 6.07) is 74.9. The number of allylic oxidation sites excluding steroid dienone is 2. The van der Waals surface area contributed by atoms with Crippen LogP contribution in [0, 0.1) is 0 Å². The monoisotopic (exact) mass is 777 g/mol. The summed E-state index contributed by atoms with van der Waals surface area (Å²) in [6.07, 6.45) is 7.83. The number of nitrogens with zero attached hydrogens (tertiary/aromatic N) is 1. The van der Waals surface area contributed by atoms with Crippen molar-refractivity contribution < 1.29 is 4.42 Å². The highest BCUT2D eigenvalue weighted by Crippen LogP contribution is 2.46. The Kier molecular flexibility index (Phi) is 8.28. The molecule has 1 aliphatic carbocycles. The van der Waals surface area contributed by atoms with Crippen molar-refractivity contribution in [1.29, 1.82) is 0 Å². The molecule has 61 heavy (non-hydrogen) atoms. The maximum Gasteiger partial charge on any atom is 0.135 e. The quantitative estimate of drug-likeness (QED) is 0.156. The van der Waals surface area contributed by atoms with Gasteiger partial charge >= 0.3 is 0 Å². The average molecular weight is 778 g/mol. The van der Waals surface area contributed by atoms with Gasteiger partial charge in [0.25, 0.3) is 0 Å². The standard InChI is InChI=1S/C59H39NO/c1-2-13-40(14-3-1)51-33-29-45(55-36-43-16-5-7-19-50(43)52-20-8-9-21-53(52)55)37-57(51)60(47-32-34-59-56(38-47)54-22-10-11-24-58(54)61-59)46-30-27-39(28-31-46)42-17-12-23-49-44(35-42)26-25-41-15-4-6-18-48(41)49/h1-16,18-38H,17H2. The smallest absolute Gasteiger partial charge is 0.135 e. The van der Waals surface area contributed by atoms with Crippen LogP contribution in [0.5, 0.6) is 0 Å². The first-order valence-corrected chi connectivity index (χ1v) is 21.0. The van der Waals surface area contributed by atoms with Crippen molar-refractivity contribution in [3.63, 3.8) is 0 Å². The molecule has 0 saturated heterocycles. The molecule has 2 heteroatoms. The number of benzene rings is 10. The van der Waals surface area contributed by atoms with E-state index in [2.05, 4.69) is 223 Å². The maximum atomic E-state index is 6.36. The number of rotatable bonds is 6. The molecule has 0 N–H and O–H groups in total. The van der Waals surface area contributed by atoms with E-state index in [1.165, 1.54) is 60.1 Å². The molecule has 0 fully saturated rings. The van der Waals surface area contributed by atoms with Gasteiger partial charge in [-0.05, 0) is 126 Å². The van der Waals surface area contributed by atoms with E-state index in [0.717, 1.165) is 62.1 Å². The molecule has 1 aliphatic rings. The third-order valence-corrected chi connectivity index (χ3v) is 12.5. The molecule has 0 amide bonds. The Morgan fingerprint density at radius 1 is 0.393 bits per heavy atom. The summed E-state index contributed by atoms with van der Waals surface area (Å²) in [5.41, 5.74) is 14.7. The third kappa shape index (κ3) is 6.03. The van der Waals surface area contributed by atoms with E-state index in [1.807, 2.05) is 6.07 Å². The molecule has 10 aromatic carbocycles. The van der Waals surface area contributed by atoms with Crippen LogP contribution in [0.2, 0.25) is 0 Å². The summed E-state index contributed by atoms with van der Waals surface area (Å²) in [6.45, 7) is 0. The highest BCUT2D eigenvalue weighted by atomic mass is 16.3. The first-order chi connectivity index (χ1) is 30.2. The molecule has 2 nitrogen and oxygen atoms in total. The van der Waals surface area contributed by atoms with Crippen molar-refractivity contribution in [3.05, 3.63) is 229 Å². The second-order valence-electron chi connectivity index (χ2n) is 16.0. The second-order valence-corrected chi connectivity index (χ2v) is 16.0. The lowest BCUT2D eigenvalue weighted by atomic mass is 9.91. The summed E-state index contributed by atoms with van der Waals surface area (Å²) >= 11 is 0. The van der Waals surface area contributed by atoms with Crippen molar-refractivity contribution >= 4 is 89.0 Å². The fourth-order valence-corrected chi connectivity index (χ4v) is 9.52. The minimum absolute atomic E-state index is 0.857. The highest BCUT2D eigenvalue weighted by molar-refractivity contribution is 6.14. The molecule has 1 aromatic heterocycles. The van der Waals surface area contributed by atoms with Crippen LogP contribution in [0.15, 0.2) is 217 Å². The average Bonchev–Trinajstić information content (AvgIpc) is 3.55. The van der Waals surface area contributed by atoms with Gasteiger partial charge in [0.05, 0.1) is 5.69 Å². The van der Waals surface area contributed by atoms with E-state index in [9.17, 15) is 0 Å². The molecule has 1 heterocycles. The third-order valence-electron chi connectivity index (χ3n) is 12.5. The maximum absolute atomic E-state index is 6.36. The van der Waals surface area contributed by atoms with Gasteiger partial charge in [-0.25, -0.2) is 0 Å². The van der Waals surface area contributed by atoms with E-state index < -0.39 is 0 Å². The van der Waals surface area contributed by atoms with Gasteiger partial charge < -0.3 is 9.32 Å². The SMILES string of the molecule is C1=Cc2c(ccc3ccccc23)C=C(c2ccc(N(c3ccc4oc5ccccc5c4c3)c3cc(-c4cc5ccccc5c5ccccc45)ccc3-c3ccccc3)cc2)C1. The summed E-state index contributed by atoms with van der Waals surface area (Å²) in [4.78, 5) is 2.43. The Morgan fingerprint density at radius 2 is 1.07 bits per heavy atom. The van der Waals surface area contributed by atoms with Crippen molar-refractivity contribution in [2.75, 3.05) is 4.90 Å². The van der Waals surface area contributed by atoms with Crippen LogP contribution in [0.3, 0.4) is 0 Å². The van der Waals surface area contributed by atoms with E-state index in [-0.39, 0.29) is 0 Å². The van der Waals surface area contributed by atoms with Crippen LogP contribution in [0.1, 0.15) is 23.1 Å². The summed E-state index contributed by atoms with van der Waals surface area (Å²) in [7, 11) is 0. The lowest BCUT2D eigenvalue weighted by molar-refractivity contribution is 0.669. The van der Waals surface area contributed by atoms with Crippen LogP contribution in [0.4, 0.5) is 17.1 Å². The molecule has 0 bridgehead atoms. The van der Waals surface area contributed by atoms with E-state index in [4.69, 9.17) is 4.42 Å². The van der Waals surface area contributed by atoms with Crippen LogP contribution in [0.25, 0.3) is 94.2 Å². The fourth-order valence-electron chi connectivity index (χ4n) is 9.52. The molecular weight excluding hydrogens is 739 g/mol. The molecule has 12 rings (SSSR count). The topological polar surface area (TPSA) is 16.4 Å². The van der Waals surface area contributed by atoms with Crippen molar-refractivity contribution in [1.82, 2.24) is 0 Å². The normalized spacial score (nSPS) is 12.6. The fraction of sp³-hybridized carbons (Fsp3) is 0.0169. The largest absolute Gasteiger partial charge is 0.456 e. The lowest BCUT2D eigenvalue weighted by Gasteiger charge is -2.29. The van der Waals surface area contributed by atoms with Crippen molar-refractivity contribution in [2.24, 2.45) is 0 Å². The number of para-hydroxylation sites is 1. The first-order valence-electron chi connectivity index (χ1n) is 21.0. The Hall–Kier alpha value is -7.94. The molecule has 0 radical (unpaired) electrons. The van der Waals surface area contributed by atoms with Crippen LogP contribution < -0.4 is 4.90 Å². The van der Waals surface area contributed by atoms with Crippen molar-refractivity contribution in [3.8, 4) is 22.3 Å². The molecule has 0 spiro atoms. The van der Waals surface area contributed by atoms with Crippen molar-refractivity contribution in [2.45, 2.75) is 6.42 Å². The zero-order valence-electron chi connectivity index (χ0n) is 33.4. The molecule has 0 unspecified atom stereocenters. The Morgan fingerprint density at radius 3 is 1.92 bits per heavy atom. The van der Waals surface area contributed by atoms with Gasteiger partial charge in [0.1, 0.15) is 11.2 Å². The molecule has 0 saturated carbocycles. The predicted molar refractivity (Wildman–Crippen MR) is 260 cm³/mol. The molecule has 0 aliphatic heterocycles. The van der Waals surface area contributed by atoms with E-state index in [1.54, 1.807) is 0 Å². The number of hydrogen-bond acceptors (Lipinski definition) is 2. The summed E-state index contributed by atoms with van der Waals surface area (Å²) in [5.74, 6) is 0. The zero-order chi connectivity index (χ0) is 40.3. The Labute approximate surface area is 354 Å². The molecule has 11 aromatic rings. The van der Waals surface area contributed by atoms with Gasteiger partial charge in [0.2, 0.25) is 0 Å². The number of furan rings is 1.